The Bertz CT molecular complexity index is 227. The zero-order valence-corrected chi connectivity index (χ0v) is 6.93. The normalized spacial score (nSPS) is 18.9. The van der Waals surface area contributed by atoms with Crippen LogP contribution in [0.15, 0.2) is 21.2 Å². The molecule has 2 rings (SSSR count). The van der Waals surface area contributed by atoms with Gasteiger partial charge in [-0.2, -0.15) is 0 Å². The first-order valence-corrected chi connectivity index (χ1v) is 3.98. The van der Waals surface area contributed by atoms with Crippen molar-refractivity contribution in [3.05, 3.63) is 22.6 Å². The van der Waals surface area contributed by atoms with Crippen molar-refractivity contribution in [2.75, 3.05) is 13.2 Å². The molecule has 10 heavy (non-hydrogen) atoms. The van der Waals surface area contributed by atoms with Gasteiger partial charge < -0.3 is 9.15 Å². The van der Waals surface area contributed by atoms with Crippen LogP contribution in [0.4, 0.5) is 0 Å². The summed E-state index contributed by atoms with van der Waals surface area (Å²) < 4.78 is 11.1. The van der Waals surface area contributed by atoms with E-state index in [0.29, 0.717) is 5.92 Å². The Labute approximate surface area is 67.3 Å². The minimum atomic E-state index is 0.492. The second-order valence-electron chi connectivity index (χ2n) is 2.38. The van der Waals surface area contributed by atoms with Crippen LogP contribution in [0.2, 0.25) is 0 Å². The predicted molar refractivity (Wildman–Crippen MR) is 40.0 cm³/mol. The molecule has 0 spiro atoms. The van der Waals surface area contributed by atoms with Crippen LogP contribution in [0.1, 0.15) is 11.7 Å². The Kier molecular flexibility index (Phi) is 1.54. The second-order valence-corrected chi connectivity index (χ2v) is 3.16. The maximum Gasteiger partial charge on any atom is 0.169 e. The largest absolute Gasteiger partial charge is 0.454 e. The lowest BCUT2D eigenvalue weighted by Gasteiger charge is -2.23. The Hall–Kier alpha value is -0.280. The highest BCUT2D eigenvalue weighted by Gasteiger charge is 2.23. The Morgan fingerprint density at radius 3 is 2.60 bits per heavy atom. The fraction of sp³-hybridized carbons (Fsp3) is 0.429. The summed E-state index contributed by atoms with van der Waals surface area (Å²) in [5.41, 5.74) is 0. The minimum absolute atomic E-state index is 0.492. The maximum atomic E-state index is 5.32. The summed E-state index contributed by atoms with van der Waals surface area (Å²) in [5, 5.41) is 0. The molecule has 54 valence electrons. The van der Waals surface area contributed by atoms with Gasteiger partial charge in [0.2, 0.25) is 0 Å². The summed E-state index contributed by atoms with van der Waals surface area (Å²) in [6, 6.07) is 3.89. The highest BCUT2D eigenvalue weighted by atomic mass is 79.9. The zero-order valence-electron chi connectivity index (χ0n) is 5.34. The van der Waals surface area contributed by atoms with E-state index in [1.165, 1.54) is 0 Å². The molecule has 0 unspecified atom stereocenters. The van der Waals surface area contributed by atoms with Crippen LogP contribution in [-0.4, -0.2) is 13.2 Å². The molecule has 1 aromatic rings. The van der Waals surface area contributed by atoms with Gasteiger partial charge in [-0.3, -0.25) is 0 Å². The van der Waals surface area contributed by atoms with Crippen molar-refractivity contribution in [3.63, 3.8) is 0 Å². The van der Waals surface area contributed by atoms with Crippen molar-refractivity contribution in [1.29, 1.82) is 0 Å². The van der Waals surface area contributed by atoms with Crippen LogP contribution < -0.4 is 0 Å². The van der Waals surface area contributed by atoms with E-state index in [4.69, 9.17) is 9.15 Å². The van der Waals surface area contributed by atoms with E-state index < -0.39 is 0 Å². The van der Waals surface area contributed by atoms with E-state index in [-0.39, 0.29) is 0 Å². The van der Waals surface area contributed by atoms with E-state index in [2.05, 4.69) is 15.9 Å². The van der Waals surface area contributed by atoms with Crippen LogP contribution in [-0.2, 0) is 4.74 Å². The second kappa shape index (κ2) is 2.40. The van der Waals surface area contributed by atoms with E-state index in [9.17, 15) is 0 Å². The molecular weight excluding hydrogens is 196 g/mol. The third-order valence-corrected chi connectivity index (χ3v) is 2.06. The molecule has 1 aliphatic heterocycles. The van der Waals surface area contributed by atoms with Gasteiger partial charge in [-0.05, 0) is 28.1 Å². The molecule has 0 bridgehead atoms. The smallest absolute Gasteiger partial charge is 0.169 e. The van der Waals surface area contributed by atoms with Crippen LogP contribution >= 0.6 is 15.9 Å². The summed E-state index contributed by atoms with van der Waals surface area (Å²) in [7, 11) is 0. The molecule has 3 heteroatoms. The third-order valence-electron chi connectivity index (χ3n) is 1.63. The monoisotopic (exact) mass is 202 g/mol. The van der Waals surface area contributed by atoms with Crippen LogP contribution in [0.3, 0.4) is 0 Å². The standard InChI is InChI=1S/C7H7BrO2/c8-7-2-1-6(10-7)5-3-9-4-5/h1-2,5H,3-4H2. The third kappa shape index (κ3) is 0.995. The first-order valence-electron chi connectivity index (χ1n) is 3.19. The fourth-order valence-electron chi connectivity index (χ4n) is 0.948. The summed E-state index contributed by atoms with van der Waals surface area (Å²) in [6.07, 6.45) is 0. The van der Waals surface area contributed by atoms with E-state index in [0.717, 1.165) is 23.6 Å². The van der Waals surface area contributed by atoms with Gasteiger partial charge in [-0.1, -0.05) is 0 Å². The highest BCUT2D eigenvalue weighted by Crippen LogP contribution is 2.27. The molecule has 1 saturated heterocycles. The molecule has 0 saturated carbocycles. The average molecular weight is 203 g/mol. The Morgan fingerprint density at radius 1 is 1.40 bits per heavy atom. The zero-order chi connectivity index (χ0) is 6.97. The topological polar surface area (TPSA) is 22.4 Å². The molecular formula is C7H7BrO2. The molecule has 0 N–H and O–H groups in total. The molecule has 0 aromatic carbocycles. The predicted octanol–water partition coefficient (Wildman–Crippen LogP) is 2.16. The summed E-state index contributed by atoms with van der Waals surface area (Å²) in [4.78, 5) is 0. The van der Waals surface area contributed by atoms with Crippen molar-refractivity contribution in [2.45, 2.75) is 5.92 Å². The molecule has 1 fully saturated rings. The van der Waals surface area contributed by atoms with Crippen molar-refractivity contribution >= 4 is 15.9 Å². The summed E-state index contributed by atoms with van der Waals surface area (Å²) >= 11 is 3.25. The molecule has 2 nitrogen and oxygen atoms in total. The first kappa shape index (κ1) is 6.43. The van der Waals surface area contributed by atoms with Crippen molar-refractivity contribution in [3.8, 4) is 0 Å². The maximum absolute atomic E-state index is 5.32. The van der Waals surface area contributed by atoms with E-state index in [1.54, 1.807) is 0 Å². The van der Waals surface area contributed by atoms with Crippen LogP contribution in [0.25, 0.3) is 0 Å². The van der Waals surface area contributed by atoms with Gasteiger partial charge in [0, 0.05) is 0 Å². The lowest BCUT2D eigenvalue weighted by molar-refractivity contribution is -0.000429. The Balaban J connectivity index is 2.17. The Morgan fingerprint density at radius 2 is 2.20 bits per heavy atom. The lowest BCUT2D eigenvalue weighted by Crippen LogP contribution is -2.24. The van der Waals surface area contributed by atoms with E-state index in [1.807, 2.05) is 12.1 Å². The molecule has 0 amide bonds. The van der Waals surface area contributed by atoms with E-state index >= 15 is 0 Å². The average Bonchev–Trinajstić information content (AvgIpc) is 2.10. The van der Waals surface area contributed by atoms with Crippen LogP contribution in [0, 0.1) is 0 Å². The fourth-order valence-corrected chi connectivity index (χ4v) is 1.27. The molecule has 1 aliphatic rings. The minimum Gasteiger partial charge on any atom is -0.454 e. The quantitative estimate of drug-likeness (QED) is 0.697. The molecule has 0 aliphatic carbocycles. The first-order chi connectivity index (χ1) is 4.86. The molecule has 1 aromatic heterocycles. The van der Waals surface area contributed by atoms with Gasteiger partial charge in [0.25, 0.3) is 0 Å². The molecule has 0 radical (unpaired) electrons. The number of ether oxygens (including phenoxy) is 1. The van der Waals surface area contributed by atoms with Crippen LogP contribution in [0.5, 0.6) is 0 Å². The summed E-state index contributed by atoms with van der Waals surface area (Å²) in [6.45, 7) is 1.61. The van der Waals surface area contributed by atoms with Gasteiger partial charge in [0.1, 0.15) is 5.76 Å². The van der Waals surface area contributed by atoms with Crippen molar-refractivity contribution in [2.24, 2.45) is 0 Å². The van der Waals surface area contributed by atoms with Gasteiger partial charge >= 0.3 is 0 Å². The van der Waals surface area contributed by atoms with Crippen molar-refractivity contribution < 1.29 is 9.15 Å². The molecule has 0 atom stereocenters. The van der Waals surface area contributed by atoms with Crippen molar-refractivity contribution in [1.82, 2.24) is 0 Å². The number of rotatable bonds is 1. The molecule has 2 heterocycles. The van der Waals surface area contributed by atoms with Gasteiger partial charge in [-0.25, -0.2) is 0 Å². The van der Waals surface area contributed by atoms with Gasteiger partial charge in [-0.15, -0.1) is 0 Å². The number of hydrogen-bond acceptors (Lipinski definition) is 2. The van der Waals surface area contributed by atoms with Gasteiger partial charge in [0.05, 0.1) is 19.1 Å². The SMILES string of the molecule is Brc1ccc(C2COC2)o1. The van der Waals surface area contributed by atoms with Gasteiger partial charge in [0.15, 0.2) is 4.67 Å². The number of halogens is 1. The summed E-state index contributed by atoms with van der Waals surface area (Å²) in [5.74, 6) is 1.52. The highest BCUT2D eigenvalue weighted by molar-refractivity contribution is 9.10. The number of furan rings is 1. The lowest BCUT2D eigenvalue weighted by atomic mass is 10.1. The number of hydrogen-bond donors (Lipinski definition) is 0.